The van der Waals surface area contributed by atoms with Gasteiger partial charge in [-0.1, -0.05) is 48.5 Å². The summed E-state index contributed by atoms with van der Waals surface area (Å²) < 4.78 is 1.98. The number of amides is 2. The molecule has 4 rings (SSSR count). The van der Waals surface area contributed by atoms with Gasteiger partial charge in [0.25, 0.3) is 5.91 Å². The van der Waals surface area contributed by atoms with Crippen molar-refractivity contribution in [3.05, 3.63) is 88.7 Å². The van der Waals surface area contributed by atoms with Crippen molar-refractivity contribution in [2.45, 2.75) is 33.0 Å². The second-order valence-corrected chi connectivity index (χ2v) is 8.67. The average Bonchev–Trinajstić information content (AvgIpc) is 3.38. The molecule has 2 heterocycles. The third kappa shape index (κ3) is 4.66. The smallest absolute Gasteiger partial charge is 0.255 e. The van der Waals surface area contributed by atoms with E-state index >= 15 is 0 Å². The first-order valence-corrected chi connectivity index (χ1v) is 11.5. The van der Waals surface area contributed by atoms with Crippen molar-refractivity contribution < 1.29 is 9.59 Å². The molecule has 2 aromatic carbocycles. The molecule has 1 N–H and O–H groups in total. The Labute approximate surface area is 186 Å². The van der Waals surface area contributed by atoms with Crippen molar-refractivity contribution in [3.8, 4) is 0 Å². The van der Waals surface area contributed by atoms with Gasteiger partial charge >= 0.3 is 0 Å². The van der Waals surface area contributed by atoms with Gasteiger partial charge in [0.2, 0.25) is 5.91 Å². The molecule has 1 fully saturated rings. The average molecular weight is 435 g/mol. The Balaban J connectivity index is 1.42. The summed E-state index contributed by atoms with van der Waals surface area (Å²) in [4.78, 5) is 27.4. The molecule has 1 saturated heterocycles. The summed E-state index contributed by atoms with van der Waals surface area (Å²) in [5, 5.41) is 7.70. The zero-order chi connectivity index (χ0) is 21.8. The van der Waals surface area contributed by atoms with E-state index in [1.807, 2.05) is 54.9 Å². The first kappa shape index (κ1) is 21.2. The lowest BCUT2D eigenvalue weighted by atomic mass is 10.1. The minimum Gasteiger partial charge on any atom is -0.350 e. The highest BCUT2D eigenvalue weighted by molar-refractivity contribution is 7.99. The van der Waals surface area contributed by atoms with Crippen LogP contribution >= 0.6 is 11.8 Å². The van der Waals surface area contributed by atoms with Gasteiger partial charge in [-0.3, -0.25) is 14.3 Å². The van der Waals surface area contributed by atoms with Gasteiger partial charge in [-0.05, 0) is 31.5 Å². The van der Waals surface area contributed by atoms with Crippen LogP contribution in [0.1, 0.15) is 32.9 Å². The van der Waals surface area contributed by atoms with E-state index < -0.39 is 6.04 Å². The molecule has 0 radical (unpaired) electrons. The van der Waals surface area contributed by atoms with Crippen LogP contribution in [0, 0.1) is 13.8 Å². The molecule has 1 aliphatic heterocycles. The zero-order valence-electron chi connectivity index (χ0n) is 17.7. The van der Waals surface area contributed by atoms with E-state index in [0.29, 0.717) is 30.3 Å². The fraction of sp³-hybridized carbons (Fsp3) is 0.292. The molecule has 0 saturated carbocycles. The predicted molar refractivity (Wildman–Crippen MR) is 123 cm³/mol. The maximum absolute atomic E-state index is 12.9. The van der Waals surface area contributed by atoms with E-state index in [2.05, 4.69) is 22.5 Å². The molecule has 31 heavy (non-hydrogen) atoms. The quantitative estimate of drug-likeness (QED) is 0.646. The van der Waals surface area contributed by atoms with Gasteiger partial charge in [0.1, 0.15) is 6.04 Å². The molecule has 1 unspecified atom stereocenters. The van der Waals surface area contributed by atoms with Crippen LogP contribution in [0.4, 0.5) is 0 Å². The Morgan fingerprint density at radius 1 is 1.06 bits per heavy atom. The number of hydrogen-bond acceptors (Lipinski definition) is 4. The number of aryl methyl sites for hydroxylation is 1. The normalized spacial score (nSPS) is 15.8. The third-order valence-corrected chi connectivity index (χ3v) is 6.62. The number of rotatable bonds is 6. The van der Waals surface area contributed by atoms with Crippen molar-refractivity contribution >= 4 is 23.6 Å². The molecule has 1 aliphatic rings. The van der Waals surface area contributed by atoms with Crippen LogP contribution < -0.4 is 5.32 Å². The first-order chi connectivity index (χ1) is 15.0. The maximum atomic E-state index is 12.9. The summed E-state index contributed by atoms with van der Waals surface area (Å²) in [6.45, 7) is 5.09. The fourth-order valence-corrected chi connectivity index (χ4v) is 4.95. The number of carbonyl (C=O) groups excluding carboxylic acids is 2. The van der Waals surface area contributed by atoms with E-state index in [1.165, 1.54) is 5.56 Å². The van der Waals surface area contributed by atoms with Crippen molar-refractivity contribution in [2.24, 2.45) is 0 Å². The van der Waals surface area contributed by atoms with E-state index in [9.17, 15) is 9.59 Å². The monoisotopic (exact) mass is 434 g/mol. The number of benzene rings is 2. The van der Waals surface area contributed by atoms with Crippen LogP contribution in [-0.4, -0.2) is 44.2 Å². The summed E-state index contributed by atoms with van der Waals surface area (Å²) in [6, 6.07) is 18.9. The molecule has 3 aromatic rings. The van der Waals surface area contributed by atoms with E-state index in [1.54, 1.807) is 28.8 Å². The summed E-state index contributed by atoms with van der Waals surface area (Å²) in [7, 11) is 0. The molecule has 1 aromatic heterocycles. The van der Waals surface area contributed by atoms with Crippen LogP contribution in [-0.2, 0) is 17.9 Å². The Morgan fingerprint density at radius 3 is 2.45 bits per heavy atom. The van der Waals surface area contributed by atoms with Gasteiger partial charge in [-0.2, -0.15) is 5.10 Å². The van der Waals surface area contributed by atoms with E-state index in [0.717, 1.165) is 17.0 Å². The van der Waals surface area contributed by atoms with Crippen LogP contribution in [0.5, 0.6) is 0 Å². The Morgan fingerprint density at radius 2 is 1.74 bits per heavy atom. The highest BCUT2D eigenvalue weighted by Crippen LogP contribution is 2.24. The van der Waals surface area contributed by atoms with Crippen molar-refractivity contribution in [3.63, 3.8) is 0 Å². The van der Waals surface area contributed by atoms with Gasteiger partial charge in [0.05, 0.1) is 18.1 Å². The topological polar surface area (TPSA) is 67.2 Å². The van der Waals surface area contributed by atoms with Crippen molar-refractivity contribution in [1.29, 1.82) is 0 Å². The lowest BCUT2D eigenvalue weighted by molar-refractivity contribution is -0.124. The summed E-state index contributed by atoms with van der Waals surface area (Å²) in [5.74, 6) is 0.909. The minimum absolute atomic E-state index is 0.103. The third-order valence-electron chi connectivity index (χ3n) is 5.61. The molecule has 160 valence electrons. The van der Waals surface area contributed by atoms with Crippen molar-refractivity contribution in [2.75, 3.05) is 11.6 Å². The largest absolute Gasteiger partial charge is 0.350 e. The second-order valence-electron chi connectivity index (χ2n) is 7.67. The predicted octanol–water partition coefficient (Wildman–Crippen LogP) is 3.38. The van der Waals surface area contributed by atoms with E-state index in [-0.39, 0.29) is 11.8 Å². The zero-order valence-corrected chi connectivity index (χ0v) is 18.6. The van der Waals surface area contributed by atoms with Crippen LogP contribution in [0.25, 0.3) is 0 Å². The number of carbonyl (C=O) groups is 2. The number of thioether (sulfide) groups is 1. The number of aromatic nitrogens is 2. The molecule has 7 heteroatoms. The maximum Gasteiger partial charge on any atom is 0.255 e. The molecule has 2 amide bonds. The molecule has 6 nitrogen and oxygen atoms in total. The Bertz CT molecular complexity index is 1070. The van der Waals surface area contributed by atoms with Gasteiger partial charge in [0, 0.05) is 29.1 Å². The molecule has 0 aliphatic carbocycles. The number of nitrogens with zero attached hydrogens (tertiary/aromatic N) is 3. The lowest BCUT2D eigenvalue weighted by Crippen LogP contribution is -2.47. The summed E-state index contributed by atoms with van der Waals surface area (Å²) in [5.41, 5.74) is 4.76. The Hall–Kier alpha value is -3.06. The molecular weight excluding hydrogens is 408 g/mol. The lowest BCUT2D eigenvalue weighted by Gasteiger charge is -2.23. The van der Waals surface area contributed by atoms with Crippen LogP contribution in [0.15, 0.2) is 60.7 Å². The number of nitrogens with one attached hydrogen (secondary N) is 1. The fourth-order valence-electron chi connectivity index (χ4n) is 3.80. The van der Waals surface area contributed by atoms with Gasteiger partial charge in [-0.15, -0.1) is 11.8 Å². The van der Waals surface area contributed by atoms with Crippen LogP contribution in [0.3, 0.4) is 0 Å². The van der Waals surface area contributed by atoms with Gasteiger partial charge in [-0.25, -0.2) is 0 Å². The highest BCUT2D eigenvalue weighted by atomic mass is 32.2. The molecule has 1 atom stereocenters. The second kappa shape index (κ2) is 9.39. The SMILES string of the molecule is Cc1nn(Cc2ccccc2)c(C)c1CNC(=O)C1CSCN1C(=O)c1ccccc1. The molecule has 0 spiro atoms. The van der Waals surface area contributed by atoms with E-state index in [4.69, 9.17) is 0 Å². The Kier molecular flexibility index (Phi) is 6.42. The molecule has 0 bridgehead atoms. The standard InChI is InChI=1S/C24H26N4O2S/c1-17-21(18(2)28(26-17)14-19-9-5-3-6-10-19)13-25-23(29)22-15-31-16-27(22)24(30)20-11-7-4-8-12-20/h3-12,22H,13-16H2,1-2H3,(H,25,29). The summed E-state index contributed by atoms with van der Waals surface area (Å²) in [6.07, 6.45) is 0. The van der Waals surface area contributed by atoms with Gasteiger partial charge < -0.3 is 10.2 Å². The first-order valence-electron chi connectivity index (χ1n) is 10.3. The summed E-state index contributed by atoms with van der Waals surface area (Å²) >= 11 is 1.60. The minimum atomic E-state index is -0.460. The highest BCUT2D eigenvalue weighted by Gasteiger charge is 2.35. The van der Waals surface area contributed by atoms with Gasteiger partial charge in [0.15, 0.2) is 0 Å². The van der Waals surface area contributed by atoms with Crippen molar-refractivity contribution in [1.82, 2.24) is 20.0 Å². The number of hydrogen-bond donors (Lipinski definition) is 1. The van der Waals surface area contributed by atoms with Crippen LogP contribution in [0.2, 0.25) is 0 Å². The molecular formula is C24H26N4O2S.